The molecule has 6 heteroatoms. The van der Waals surface area contributed by atoms with Crippen LogP contribution in [0.15, 0.2) is 41.5 Å². The summed E-state index contributed by atoms with van der Waals surface area (Å²) in [6.45, 7) is 3.31. The Morgan fingerprint density at radius 2 is 1.96 bits per heavy atom. The van der Waals surface area contributed by atoms with E-state index in [9.17, 15) is 0 Å². The minimum absolute atomic E-state index is 0.571. The number of anilines is 1. The quantitative estimate of drug-likeness (QED) is 0.790. The molecule has 0 bridgehead atoms. The molecular weight excluding hydrogens is 306 g/mol. The summed E-state index contributed by atoms with van der Waals surface area (Å²) in [5, 5.41) is 0. The van der Waals surface area contributed by atoms with Crippen molar-refractivity contribution in [3.63, 3.8) is 0 Å². The van der Waals surface area contributed by atoms with Gasteiger partial charge in [-0.3, -0.25) is 4.99 Å². The normalized spacial score (nSPS) is 14.8. The molecule has 3 rings (SSSR count). The fourth-order valence-corrected chi connectivity index (χ4v) is 2.54. The number of aromatic nitrogens is 1. The fraction of sp³-hybridized carbons (Fsp3) is 0.333. The molecule has 0 N–H and O–H groups in total. The van der Waals surface area contributed by atoms with Crippen LogP contribution >= 0.6 is 0 Å². The molecule has 24 heavy (non-hydrogen) atoms. The van der Waals surface area contributed by atoms with Gasteiger partial charge in [-0.05, 0) is 18.2 Å². The highest BCUT2D eigenvalue weighted by Crippen LogP contribution is 2.26. The Labute approximate surface area is 141 Å². The monoisotopic (exact) mass is 327 g/mol. The summed E-state index contributed by atoms with van der Waals surface area (Å²) in [6.07, 6.45) is 3.45. The van der Waals surface area contributed by atoms with Crippen molar-refractivity contribution in [3.05, 3.63) is 42.1 Å². The van der Waals surface area contributed by atoms with E-state index in [0.717, 1.165) is 49.0 Å². The Morgan fingerprint density at radius 3 is 2.62 bits per heavy atom. The molecule has 0 radical (unpaired) electrons. The number of hydrogen-bond acceptors (Lipinski definition) is 6. The van der Waals surface area contributed by atoms with Crippen LogP contribution in [-0.4, -0.2) is 51.7 Å². The van der Waals surface area contributed by atoms with E-state index in [1.165, 1.54) is 0 Å². The lowest BCUT2D eigenvalue weighted by atomic mass is 10.1. The van der Waals surface area contributed by atoms with Crippen LogP contribution < -0.4 is 14.4 Å². The van der Waals surface area contributed by atoms with Gasteiger partial charge in [-0.25, -0.2) is 4.98 Å². The van der Waals surface area contributed by atoms with Gasteiger partial charge in [-0.1, -0.05) is 0 Å². The van der Waals surface area contributed by atoms with Crippen molar-refractivity contribution in [2.75, 3.05) is 45.4 Å². The molecule has 0 saturated carbocycles. The maximum absolute atomic E-state index is 5.52. The van der Waals surface area contributed by atoms with Crippen LogP contribution in [0, 0.1) is 0 Å². The number of morpholine rings is 1. The Kier molecular flexibility index (Phi) is 5.28. The maximum atomic E-state index is 5.52. The third kappa shape index (κ3) is 3.83. The SMILES string of the molecule is COc1ccc(N=Cc2ccc(N3CCOCC3)cc2OC)cn1. The van der Waals surface area contributed by atoms with Crippen LogP contribution in [0.3, 0.4) is 0 Å². The molecule has 2 aromatic rings. The fourth-order valence-electron chi connectivity index (χ4n) is 2.54. The number of hydrogen-bond donors (Lipinski definition) is 0. The zero-order valence-electron chi connectivity index (χ0n) is 13.9. The van der Waals surface area contributed by atoms with Crippen LogP contribution in [0.5, 0.6) is 11.6 Å². The third-order valence-electron chi connectivity index (χ3n) is 3.88. The Morgan fingerprint density at radius 1 is 1.12 bits per heavy atom. The Bertz CT molecular complexity index is 695. The van der Waals surface area contributed by atoms with Gasteiger partial charge < -0.3 is 19.1 Å². The Hall–Kier alpha value is -2.60. The van der Waals surface area contributed by atoms with Gasteiger partial charge >= 0.3 is 0 Å². The van der Waals surface area contributed by atoms with Gasteiger partial charge in [0.15, 0.2) is 0 Å². The van der Waals surface area contributed by atoms with Gasteiger partial charge in [0.1, 0.15) is 5.75 Å². The van der Waals surface area contributed by atoms with Crippen LogP contribution in [0.25, 0.3) is 0 Å². The smallest absolute Gasteiger partial charge is 0.213 e. The number of nitrogens with zero attached hydrogens (tertiary/aromatic N) is 3. The largest absolute Gasteiger partial charge is 0.496 e. The van der Waals surface area contributed by atoms with Crippen molar-refractivity contribution in [1.82, 2.24) is 4.98 Å². The second kappa shape index (κ2) is 7.79. The van der Waals surface area contributed by atoms with Crippen molar-refractivity contribution in [2.45, 2.75) is 0 Å². The van der Waals surface area contributed by atoms with E-state index in [4.69, 9.17) is 14.2 Å². The van der Waals surface area contributed by atoms with E-state index >= 15 is 0 Å². The van der Waals surface area contributed by atoms with Gasteiger partial charge in [-0.15, -0.1) is 0 Å². The van der Waals surface area contributed by atoms with Crippen molar-refractivity contribution < 1.29 is 14.2 Å². The number of pyridine rings is 1. The molecule has 0 amide bonds. The first-order valence-electron chi connectivity index (χ1n) is 7.85. The third-order valence-corrected chi connectivity index (χ3v) is 3.88. The van der Waals surface area contributed by atoms with Gasteiger partial charge in [0.05, 0.1) is 39.3 Å². The molecule has 1 saturated heterocycles. The minimum atomic E-state index is 0.571. The lowest BCUT2D eigenvalue weighted by Crippen LogP contribution is -2.36. The molecule has 0 unspecified atom stereocenters. The molecule has 0 atom stereocenters. The molecule has 1 aromatic carbocycles. The summed E-state index contributed by atoms with van der Waals surface area (Å²) in [5.74, 6) is 1.37. The maximum Gasteiger partial charge on any atom is 0.213 e. The molecule has 2 heterocycles. The highest BCUT2D eigenvalue weighted by Gasteiger charge is 2.13. The molecule has 0 aliphatic carbocycles. The standard InChI is InChI=1S/C18H21N3O3/c1-22-17-11-16(21-7-9-24-10-8-21)5-3-14(17)12-19-15-4-6-18(23-2)20-13-15/h3-6,11-13H,7-10H2,1-2H3. The number of rotatable bonds is 5. The van der Waals surface area contributed by atoms with E-state index in [1.807, 2.05) is 18.2 Å². The Balaban J connectivity index is 1.77. The van der Waals surface area contributed by atoms with Crippen LogP contribution in [0.1, 0.15) is 5.56 Å². The first-order valence-corrected chi connectivity index (χ1v) is 7.85. The predicted octanol–water partition coefficient (Wildman–Crippen LogP) is 2.69. The van der Waals surface area contributed by atoms with E-state index in [-0.39, 0.29) is 0 Å². The van der Waals surface area contributed by atoms with Crippen molar-refractivity contribution in [3.8, 4) is 11.6 Å². The van der Waals surface area contributed by atoms with Crippen molar-refractivity contribution in [2.24, 2.45) is 4.99 Å². The molecule has 1 fully saturated rings. The molecule has 1 aliphatic rings. The summed E-state index contributed by atoms with van der Waals surface area (Å²) in [4.78, 5) is 10.9. The van der Waals surface area contributed by atoms with Crippen LogP contribution in [0.2, 0.25) is 0 Å². The van der Waals surface area contributed by atoms with E-state index in [0.29, 0.717) is 5.88 Å². The first-order chi connectivity index (χ1) is 11.8. The zero-order chi connectivity index (χ0) is 16.8. The summed E-state index contributed by atoms with van der Waals surface area (Å²) in [6, 6.07) is 9.78. The van der Waals surface area contributed by atoms with Gasteiger partial charge in [0.25, 0.3) is 0 Å². The zero-order valence-corrected chi connectivity index (χ0v) is 13.9. The summed E-state index contributed by atoms with van der Waals surface area (Å²) >= 11 is 0. The highest BCUT2D eigenvalue weighted by atomic mass is 16.5. The summed E-state index contributed by atoms with van der Waals surface area (Å²) in [5.41, 5.74) is 2.82. The number of benzene rings is 1. The number of aliphatic imine (C=N–C) groups is 1. The molecule has 1 aliphatic heterocycles. The highest BCUT2D eigenvalue weighted by molar-refractivity contribution is 5.86. The lowest BCUT2D eigenvalue weighted by Gasteiger charge is -2.29. The molecule has 1 aromatic heterocycles. The number of methoxy groups -OCH3 is 2. The van der Waals surface area contributed by atoms with Crippen molar-refractivity contribution >= 4 is 17.6 Å². The van der Waals surface area contributed by atoms with Crippen LogP contribution in [-0.2, 0) is 4.74 Å². The van der Waals surface area contributed by atoms with Crippen molar-refractivity contribution in [1.29, 1.82) is 0 Å². The van der Waals surface area contributed by atoms with Gasteiger partial charge in [0, 0.05) is 42.7 Å². The van der Waals surface area contributed by atoms with Gasteiger partial charge in [0.2, 0.25) is 5.88 Å². The lowest BCUT2D eigenvalue weighted by molar-refractivity contribution is 0.122. The average Bonchev–Trinajstić information content (AvgIpc) is 2.67. The predicted molar refractivity (Wildman–Crippen MR) is 94.1 cm³/mol. The molecule has 126 valence electrons. The summed E-state index contributed by atoms with van der Waals surface area (Å²) in [7, 11) is 3.26. The second-order valence-electron chi connectivity index (χ2n) is 5.34. The van der Waals surface area contributed by atoms with Gasteiger partial charge in [-0.2, -0.15) is 0 Å². The average molecular weight is 327 g/mol. The van der Waals surface area contributed by atoms with Crippen LogP contribution in [0.4, 0.5) is 11.4 Å². The summed E-state index contributed by atoms with van der Waals surface area (Å²) < 4.78 is 16.0. The minimum Gasteiger partial charge on any atom is -0.496 e. The molecular formula is C18H21N3O3. The second-order valence-corrected chi connectivity index (χ2v) is 5.34. The molecule has 0 spiro atoms. The number of ether oxygens (including phenoxy) is 3. The molecule has 6 nitrogen and oxygen atoms in total. The van der Waals surface area contributed by atoms with E-state index < -0.39 is 0 Å². The topological polar surface area (TPSA) is 56.2 Å². The van der Waals surface area contributed by atoms with E-state index in [1.54, 1.807) is 32.7 Å². The van der Waals surface area contributed by atoms with E-state index in [2.05, 4.69) is 20.9 Å². The first kappa shape index (κ1) is 16.3.